The molecule has 0 radical (unpaired) electrons. The van der Waals surface area contributed by atoms with Crippen LogP contribution in [0.25, 0.3) is 0 Å². The second kappa shape index (κ2) is 13.5. The molecule has 0 amide bonds. The van der Waals surface area contributed by atoms with E-state index in [1.54, 1.807) is 0 Å². The lowest BCUT2D eigenvalue weighted by molar-refractivity contribution is 0.00662. The fourth-order valence-corrected chi connectivity index (χ4v) is 2.47. The Hall–Kier alpha value is -0.200. The third-order valence-electron chi connectivity index (χ3n) is 3.85. The Labute approximate surface area is 130 Å². The first-order chi connectivity index (χ1) is 10.4. The highest BCUT2D eigenvalue weighted by Gasteiger charge is 2.19. The van der Waals surface area contributed by atoms with E-state index in [0.29, 0.717) is 32.5 Å². The van der Waals surface area contributed by atoms with Gasteiger partial charge < -0.3 is 19.5 Å². The van der Waals surface area contributed by atoms with Crippen molar-refractivity contribution in [2.75, 3.05) is 65.8 Å². The van der Waals surface area contributed by atoms with Gasteiger partial charge >= 0.3 is 0 Å². The van der Waals surface area contributed by atoms with Crippen molar-refractivity contribution in [3.8, 4) is 0 Å². The van der Waals surface area contributed by atoms with E-state index in [2.05, 4.69) is 24.1 Å². The number of nitrogens with zero attached hydrogens (tertiary/aromatic N) is 1. The Kier molecular flexibility index (Phi) is 12.1. The second-order valence-corrected chi connectivity index (χ2v) is 5.49. The minimum absolute atomic E-state index is 0.663. The molecule has 1 fully saturated rings. The van der Waals surface area contributed by atoms with E-state index in [4.69, 9.17) is 14.2 Å². The number of rotatable bonds is 13. The quantitative estimate of drug-likeness (QED) is 0.523. The highest BCUT2D eigenvalue weighted by atomic mass is 16.5. The zero-order valence-corrected chi connectivity index (χ0v) is 13.9. The third-order valence-corrected chi connectivity index (χ3v) is 3.85. The molecule has 126 valence electrons. The summed E-state index contributed by atoms with van der Waals surface area (Å²) < 4.78 is 16.5. The highest BCUT2D eigenvalue weighted by Crippen LogP contribution is 2.06. The minimum atomic E-state index is 0.663. The van der Waals surface area contributed by atoms with Crippen molar-refractivity contribution in [2.45, 2.75) is 39.2 Å². The molecule has 0 bridgehead atoms. The van der Waals surface area contributed by atoms with Gasteiger partial charge in [-0.3, -0.25) is 4.90 Å². The number of hydrogen-bond donors (Lipinski definition) is 1. The number of nitrogens with one attached hydrogen (secondary N) is 1. The molecular formula is C16H34N2O3. The maximum Gasteiger partial charge on any atom is 0.0701 e. The number of unbranched alkanes of at least 4 members (excludes halogenated alkanes) is 1. The maximum absolute atomic E-state index is 5.65. The van der Waals surface area contributed by atoms with Crippen molar-refractivity contribution < 1.29 is 14.2 Å². The first-order valence-electron chi connectivity index (χ1n) is 8.56. The minimum Gasteiger partial charge on any atom is -0.379 e. The smallest absolute Gasteiger partial charge is 0.0701 e. The van der Waals surface area contributed by atoms with Crippen LogP contribution in [-0.4, -0.2) is 76.8 Å². The van der Waals surface area contributed by atoms with E-state index in [1.165, 1.54) is 12.8 Å². The molecule has 1 rings (SSSR count). The first kappa shape index (κ1) is 18.8. The number of ether oxygens (including phenoxy) is 3. The van der Waals surface area contributed by atoms with Crippen LogP contribution < -0.4 is 5.32 Å². The Bertz CT molecular complexity index is 230. The van der Waals surface area contributed by atoms with Crippen molar-refractivity contribution in [1.29, 1.82) is 0 Å². The Balaban J connectivity index is 1.83. The predicted molar refractivity (Wildman–Crippen MR) is 85.9 cm³/mol. The van der Waals surface area contributed by atoms with E-state index < -0.39 is 0 Å². The van der Waals surface area contributed by atoms with Crippen molar-refractivity contribution in [3.63, 3.8) is 0 Å². The molecule has 0 aromatic carbocycles. The summed E-state index contributed by atoms with van der Waals surface area (Å²) in [6, 6.07) is 0.666. The standard InChI is InChI=1S/C16H34N2O3/c1-3-5-9-19-11-13-21-14-12-20-10-8-18-7-6-17-15-16(18)4-2/h16-17H,3-15H2,1-2H3. The van der Waals surface area contributed by atoms with E-state index in [1.807, 2.05) is 0 Å². The lowest BCUT2D eigenvalue weighted by atomic mass is 10.1. The van der Waals surface area contributed by atoms with Gasteiger partial charge in [0.05, 0.1) is 33.0 Å². The van der Waals surface area contributed by atoms with Crippen molar-refractivity contribution in [1.82, 2.24) is 10.2 Å². The van der Waals surface area contributed by atoms with Gasteiger partial charge in [-0.05, 0) is 12.8 Å². The molecule has 1 aliphatic rings. The Morgan fingerprint density at radius 3 is 2.29 bits per heavy atom. The van der Waals surface area contributed by atoms with E-state index >= 15 is 0 Å². The zero-order valence-electron chi connectivity index (χ0n) is 13.9. The molecule has 0 aliphatic carbocycles. The van der Waals surface area contributed by atoms with Crippen molar-refractivity contribution in [3.05, 3.63) is 0 Å². The van der Waals surface area contributed by atoms with Crippen LogP contribution in [0.5, 0.6) is 0 Å². The van der Waals surface area contributed by atoms with Crippen LogP contribution in [0.1, 0.15) is 33.1 Å². The van der Waals surface area contributed by atoms with Gasteiger partial charge in [0.2, 0.25) is 0 Å². The van der Waals surface area contributed by atoms with Gasteiger partial charge in [0.1, 0.15) is 0 Å². The molecule has 0 aromatic rings. The molecule has 1 atom stereocenters. The summed E-state index contributed by atoms with van der Waals surface area (Å²) in [6.07, 6.45) is 3.52. The van der Waals surface area contributed by atoms with Crippen LogP contribution in [-0.2, 0) is 14.2 Å². The molecule has 1 aliphatic heterocycles. The molecule has 5 heteroatoms. The molecule has 0 spiro atoms. The summed E-state index contributed by atoms with van der Waals surface area (Å²) >= 11 is 0. The molecule has 0 saturated carbocycles. The van der Waals surface area contributed by atoms with Crippen molar-refractivity contribution >= 4 is 0 Å². The summed E-state index contributed by atoms with van der Waals surface area (Å²) in [7, 11) is 0. The summed E-state index contributed by atoms with van der Waals surface area (Å²) in [6.45, 7) is 13.1. The fraction of sp³-hybridized carbons (Fsp3) is 1.00. The van der Waals surface area contributed by atoms with Gasteiger partial charge in [-0.15, -0.1) is 0 Å². The molecular weight excluding hydrogens is 268 g/mol. The van der Waals surface area contributed by atoms with Crippen LogP contribution in [0.3, 0.4) is 0 Å². The Morgan fingerprint density at radius 2 is 1.62 bits per heavy atom. The summed E-state index contributed by atoms with van der Waals surface area (Å²) in [5, 5.41) is 3.44. The molecule has 1 saturated heterocycles. The first-order valence-corrected chi connectivity index (χ1v) is 8.56. The second-order valence-electron chi connectivity index (χ2n) is 5.49. The normalized spacial score (nSPS) is 20.0. The van der Waals surface area contributed by atoms with E-state index in [-0.39, 0.29) is 0 Å². The van der Waals surface area contributed by atoms with Gasteiger partial charge in [0.15, 0.2) is 0 Å². The zero-order chi connectivity index (χ0) is 15.2. The lowest BCUT2D eigenvalue weighted by Gasteiger charge is -2.35. The topological polar surface area (TPSA) is 43.0 Å². The van der Waals surface area contributed by atoms with Crippen LogP contribution in [0.15, 0.2) is 0 Å². The third kappa shape index (κ3) is 9.42. The molecule has 1 N–H and O–H groups in total. The number of hydrogen-bond acceptors (Lipinski definition) is 5. The summed E-state index contributed by atoms with van der Waals surface area (Å²) in [5.74, 6) is 0. The lowest BCUT2D eigenvalue weighted by Crippen LogP contribution is -2.51. The molecule has 0 aromatic heterocycles. The van der Waals surface area contributed by atoms with Crippen LogP contribution >= 0.6 is 0 Å². The van der Waals surface area contributed by atoms with Gasteiger partial charge in [-0.1, -0.05) is 20.3 Å². The average molecular weight is 302 g/mol. The largest absolute Gasteiger partial charge is 0.379 e. The van der Waals surface area contributed by atoms with Gasteiger partial charge in [0, 0.05) is 38.8 Å². The van der Waals surface area contributed by atoms with Crippen molar-refractivity contribution in [2.24, 2.45) is 0 Å². The summed E-state index contributed by atoms with van der Waals surface area (Å²) in [5.41, 5.74) is 0. The molecule has 1 heterocycles. The van der Waals surface area contributed by atoms with Gasteiger partial charge in [-0.2, -0.15) is 0 Å². The van der Waals surface area contributed by atoms with Crippen LogP contribution in [0.2, 0.25) is 0 Å². The van der Waals surface area contributed by atoms with Gasteiger partial charge in [0.25, 0.3) is 0 Å². The van der Waals surface area contributed by atoms with Crippen LogP contribution in [0, 0.1) is 0 Å². The highest BCUT2D eigenvalue weighted by molar-refractivity contribution is 4.78. The van der Waals surface area contributed by atoms with E-state index in [0.717, 1.165) is 45.8 Å². The summed E-state index contributed by atoms with van der Waals surface area (Å²) in [4.78, 5) is 2.53. The number of piperazine rings is 1. The fourth-order valence-electron chi connectivity index (χ4n) is 2.47. The Morgan fingerprint density at radius 1 is 0.952 bits per heavy atom. The molecule has 5 nitrogen and oxygen atoms in total. The molecule has 1 unspecified atom stereocenters. The SMILES string of the molecule is CCCCOCCOCCOCCN1CCNCC1CC. The predicted octanol–water partition coefficient (Wildman–Crippen LogP) is 1.52. The average Bonchev–Trinajstić information content (AvgIpc) is 2.53. The van der Waals surface area contributed by atoms with Gasteiger partial charge in [-0.25, -0.2) is 0 Å². The maximum atomic E-state index is 5.65. The van der Waals surface area contributed by atoms with Crippen LogP contribution in [0.4, 0.5) is 0 Å². The molecule has 21 heavy (non-hydrogen) atoms. The monoisotopic (exact) mass is 302 g/mol. The van der Waals surface area contributed by atoms with E-state index in [9.17, 15) is 0 Å².